The number of hydrogen-bond donors (Lipinski definition) is 1. The Bertz CT molecular complexity index is 1060. The summed E-state index contributed by atoms with van der Waals surface area (Å²) in [5, 5.41) is 2.79. The number of ether oxygens (including phenoxy) is 1. The third-order valence-electron chi connectivity index (χ3n) is 5.43. The molecule has 0 aliphatic carbocycles. The molecule has 1 aliphatic heterocycles. The summed E-state index contributed by atoms with van der Waals surface area (Å²) >= 11 is 0. The minimum absolute atomic E-state index is 0.123. The predicted octanol–water partition coefficient (Wildman–Crippen LogP) is 1.98. The Labute approximate surface area is 195 Å². The van der Waals surface area contributed by atoms with Crippen LogP contribution in [0.3, 0.4) is 0 Å². The molecule has 1 aliphatic rings. The van der Waals surface area contributed by atoms with Gasteiger partial charge in [0.2, 0.25) is 15.9 Å². The molecule has 1 fully saturated rings. The van der Waals surface area contributed by atoms with Gasteiger partial charge in [0.15, 0.2) is 0 Å². The van der Waals surface area contributed by atoms with Gasteiger partial charge in [0.25, 0.3) is 5.91 Å². The topological polar surface area (TPSA) is 96.0 Å². The standard InChI is InChI=1S/C24H31N3O5S/c1-19-5-3-6-20(17-19)7-4-12-25-23(28)18-27(33(2,30)31)22-10-8-21(9-11-22)24(29)26-13-15-32-16-14-26/h3,5-6,8-11,17H,4,7,12-16,18H2,1-2H3,(H,25,28). The maximum atomic E-state index is 12.6. The third-order valence-corrected chi connectivity index (χ3v) is 6.58. The Kier molecular flexibility index (Phi) is 8.46. The average Bonchev–Trinajstić information content (AvgIpc) is 2.80. The molecule has 1 heterocycles. The van der Waals surface area contributed by atoms with E-state index in [9.17, 15) is 18.0 Å². The number of nitrogens with zero attached hydrogens (tertiary/aromatic N) is 2. The first kappa shape index (κ1) is 24.7. The number of anilines is 1. The molecule has 1 N–H and O–H groups in total. The second-order valence-corrected chi connectivity index (χ2v) is 10.1. The third kappa shape index (κ3) is 7.30. The minimum Gasteiger partial charge on any atom is -0.378 e. The van der Waals surface area contributed by atoms with Crippen molar-refractivity contribution in [3.8, 4) is 0 Å². The van der Waals surface area contributed by atoms with E-state index in [1.165, 1.54) is 11.1 Å². The van der Waals surface area contributed by atoms with Gasteiger partial charge in [0, 0.05) is 25.2 Å². The molecule has 0 bridgehead atoms. The summed E-state index contributed by atoms with van der Waals surface area (Å²) < 4.78 is 31.0. The lowest BCUT2D eigenvalue weighted by Gasteiger charge is -2.27. The second kappa shape index (κ2) is 11.3. The maximum Gasteiger partial charge on any atom is 0.254 e. The summed E-state index contributed by atoms with van der Waals surface area (Å²) in [7, 11) is -3.68. The van der Waals surface area contributed by atoms with E-state index in [1.54, 1.807) is 29.2 Å². The van der Waals surface area contributed by atoms with Crippen molar-refractivity contribution in [3.05, 3.63) is 65.2 Å². The number of benzene rings is 2. The Morgan fingerprint density at radius 2 is 1.79 bits per heavy atom. The van der Waals surface area contributed by atoms with E-state index < -0.39 is 10.0 Å². The van der Waals surface area contributed by atoms with Crippen LogP contribution < -0.4 is 9.62 Å². The van der Waals surface area contributed by atoms with Gasteiger partial charge in [0.1, 0.15) is 6.54 Å². The number of morpholine rings is 1. The van der Waals surface area contributed by atoms with Crippen LogP contribution in [0.25, 0.3) is 0 Å². The van der Waals surface area contributed by atoms with Crippen LogP contribution in [0.2, 0.25) is 0 Å². The largest absolute Gasteiger partial charge is 0.378 e. The Morgan fingerprint density at radius 1 is 1.09 bits per heavy atom. The molecule has 0 spiro atoms. The number of sulfonamides is 1. The van der Waals surface area contributed by atoms with Crippen molar-refractivity contribution in [1.82, 2.24) is 10.2 Å². The molecule has 2 aromatic carbocycles. The van der Waals surface area contributed by atoms with Crippen LogP contribution in [0.1, 0.15) is 27.9 Å². The van der Waals surface area contributed by atoms with E-state index in [2.05, 4.69) is 11.4 Å². The van der Waals surface area contributed by atoms with E-state index >= 15 is 0 Å². The highest BCUT2D eigenvalue weighted by atomic mass is 32.2. The molecule has 0 unspecified atom stereocenters. The SMILES string of the molecule is Cc1cccc(CCCNC(=O)CN(c2ccc(C(=O)N3CCOCC3)cc2)S(C)(=O)=O)c1. The first-order valence-corrected chi connectivity index (χ1v) is 12.9. The van der Waals surface area contributed by atoms with Crippen LogP contribution in [0.5, 0.6) is 0 Å². The van der Waals surface area contributed by atoms with Crippen molar-refractivity contribution in [1.29, 1.82) is 0 Å². The highest BCUT2D eigenvalue weighted by molar-refractivity contribution is 7.92. The number of carbonyl (C=O) groups is 2. The van der Waals surface area contributed by atoms with E-state index in [-0.39, 0.29) is 18.4 Å². The van der Waals surface area contributed by atoms with Crippen molar-refractivity contribution < 1.29 is 22.7 Å². The maximum absolute atomic E-state index is 12.6. The number of rotatable bonds is 9. The normalized spacial score (nSPS) is 14.1. The Morgan fingerprint density at radius 3 is 2.42 bits per heavy atom. The molecule has 3 rings (SSSR count). The molecular formula is C24H31N3O5S. The summed E-state index contributed by atoms with van der Waals surface area (Å²) in [5.74, 6) is -0.500. The molecule has 0 atom stereocenters. The van der Waals surface area contributed by atoms with Gasteiger partial charge in [-0.3, -0.25) is 13.9 Å². The lowest BCUT2D eigenvalue weighted by atomic mass is 10.1. The zero-order chi connectivity index (χ0) is 23.8. The minimum atomic E-state index is -3.68. The highest BCUT2D eigenvalue weighted by Crippen LogP contribution is 2.19. The van der Waals surface area contributed by atoms with Crippen molar-refractivity contribution in [2.24, 2.45) is 0 Å². The predicted molar refractivity (Wildman–Crippen MR) is 128 cm³/mol. The van der Waals surface area contributed by atoms with Gasteiger partial charge in [-0.25, -0.2) is 8.42 Å². The van der Waals surface area contributed by atoms with Crippen molar-refractivity contribution in [3.63, 3.8) is 0 Å². The van der Waals surface area contributed by atoms with Crippen molar-refractivity contribution in [2.45, 2.75) is 19.8 Å². The summed E-state index contributed by atoms with van der Waals surface area (Å²) in [6.07, 6.45) is 2.65. The van der Waals surface area contributed by atoms with Gasteiger partial charge in [-0.15, -0.1) is 0 Å². The second-order valence-electron chi connectivity index (χ2n) is 8.16. The molecule has 8 nitrogen and oxygen atoms in total. The number of carbonyl (C=O) groups excluding carboxylic acids is 2. The summed E-state index contributed by atoms with van der Waals surface area (Å²) in [4.78, 5) is 26.7. The smallest absolute Gasteiger partial charge is 0.254 e. The highest BCUT2D eigenvalue weighted by Gasteiger charge is 2.22. The number of amides is 2. The lowest BCUT2D eigenvalue weighted by molar-refractivity contribution is -0.119. The van der Waals surface area contributed by atoms with Crippen molar-refractivity contribution >= 4 is 27.5 Å². The summed E-state index contributed by atoms with van der Waals surface area (Å²) in [5.41, 5.74) is 3.20. The number of nitrogens with one attached hydrogen (secondary N) is 1. The van der Waals surface area contributed by atoms with Gasteiger partial charge in [-0.1, -0.05) is 29.8 Å². The van der Waals surface area contributed by atoms with Crippen LogP contribution in [0.4, 0.5) is 5.69 Å². The van der Waals surface area contributed by atoms with Gasteiger partial charge < -0.3 is 15.0 Å². The van der Waals surface area contributed by atoms with Crippen LogP contribution >= 0.6 is 0 Å². The zero-order valence-electron chi connectivity index (χ0n) is 19.1. The van der Waals surface area contributed by atoms with Gasteiger partial charge in [0.05, 0.1) is 25.2 Å². The molecule has 0 saturated carbocycles. The Hall–Kier alpha value is -2.91. The average molecular weight is 474 g/mol. The molecule has 0 radical (unpaired) electrons. The quantitative estimate of drug-likeness (QED) is 0.562. The van der Waals surface area contributed by atoms with Gasteiger partial charge in [-0.05, 0) is 49.6 Å². The monoisotopic (exact) mass is 473 g/mol. The van der Waals surface area contributed by atoms with Crippen LogP contribution in [0, 0.1) is 6.92 Å². The van der Waals surface area contributed by atoms with Crippen LogP contribution in [-0.2, 0) is 26.0 Å². The molecule has 1 saturated heterocycles. The van der Waals surface area contributed by atoms with Gasteiger partial charge in [-0.2, -0.15) is 0 Å². The molecule has 178 valence electrons. The van der Waals surface area contributed by atoms with E-state index in [0.717, 1.165) is 23.4 Å². The molecule has 0 aromatic heterocycles. The lowest BCUT2D eigenvalue weighted by Crippen LogP contribution is -2.41. The fraction of sp³-hybridized carbons (Fsp3) is 0.417. The molecule has 9 heteroatoms. The zero-order valence-corrected chi connectivity index (χ0v) is 19.9. The fourth-order valence-corrected chi connectivity index (χ4v) is 4.55. The molecular weight excluding hydrogens is 442 g/mol. The fourth-order valence-electron chi connectivity index (χ4n) is 3.69. The van der Waals surface area contributed by atoms with E-state index in [1.807, 2.05) is 25.1 Å². The van der Waals surface area contributed by atoms with E-state index in [0.29, 0.717) is 44.1 Å². The first-order chi connectivity index (χ1) is 15.7. The van der Waals surface area contributed by atoms with E-state index in [4.69, 9.17) is 4.74 Å². The molecule has 2 amide bonds. The summed E-state index contributed by atoms with van der Waals surface area (Å²) in [6, 6.07) is 14.5. The molecule has 33 heavy (non-hydrogen) atoms. The van der Waals surface area contributed by atoms with Crippen LogP contribution in [0.15, 0.2) is 48.5 Å². The number of aryl methyl sites for hydroxylation is 2. The Balaban J connectivity index is 1.56. The summed E-state index contributed by atoms with van der Waals surface area (Å²) in [6.45, 7) is 4.24. The van der Waals surface area contributed by atoms with Crippen molar-refractivity contribution in [2.75, 3.05) is 50.0 Å². The first-order valence-electron chi connectivity index (χ1n) is 11.0. The number of hydrogen-bond acceptors (Lipinski definition) is 5. The van der Waals surface area contributed by atoms with Crippen LogP contribution in [-0.4, -0.2) is 70.8 Å². The van der Waals surface area contributed by atoms with Gasteiger partial charge >= 0.3 is 0 Å². The molecule has 2 aromatic rings.